The predicted molar refractivity (Wildman–Crippen MR) is 76.8 cm³/mol. The number of rotatable bonds is 5. The minimum Gasteiger partial charge on any atom is -0.383 e. The summed E-state index contributed by atoms with van der Waals surface area (Å²) in [5.74, 6) is 0.546. The van der Waals surface area contributed by atoms with Crippen LogP contribution in [0, 0.1) is 5.41 Å². The maximum Gasteiger partial charge on any atom is 0.188 e. The molecule has 1 aliphatic carbocycles. The van der Waals surface area contributed by atoms with Crippen molar-refractivity contribution >= 4 is 5.96 Å². The number of nitrogens with zero attached hydrogens (tertiary/aromatic N) is 1. The molecule has 3 N–H and O–H groups in total. The molecule has 106 valence electrons. The largest absolute Gasteiger partial charge is 0.383 e. The van der Waals surface area contributed by atoms with Crippen LogP contribution < -0.4 is 11.1 Å². The first-order valence-corrected chi connectivity index (χ1v) is 7.11. The Morgan fingerprint density at radius 2 is 1.94 bits per heavy atom. The lowest BCUT2D eigenvalue weighted by Crippen LogP contribution is -2.41. The molecule has 1 rings (SSSR count). The number of guanidine groups is 1. The van der Waals surface area contributed by atoms with E-state index in [1.54, 1.807) is 7.11 Å². The van der Waals surface area contributed by atoms with Crippen LogP contribution >= 0.6 is 0 Å². The van der Waals surface area contributed by atoms with Gasteiger partial charge in [0.05, 0.1) is 6.61 Å². The quantitative estimate of drug-likeness (QED) is 0.450. The van der Waals surface area contributed by atoms with Crippen LogP contribution in [0.2, 0.25) is 0 Å². The van der Waals surface area contributed by atoms with Gasteiger partial charge in [-0.2, -0.15) is 0 Å². The van der Waals surface area contributed by atoms with Crippen LogP contribution in [0.25, 0.3) is 0 Å². The maximum atomic E-state index is 5.90. The lowest BCUT2D eigenvalue weighted by atomic mass is 9.83. The second-order valence-corrected chi connectivity index (χ2v) is 5.93. The highest BCUT2D eigenvalue weighted by molar-refractivity contribution is 5.78. The van der Waals surface area contributed by atoms with Gasteiger partial charge in [-0.05, 0) is 25.2 Å². The van der Waals surface area contributed by atoms with Gasteiger partial charge in [-0.1, -0.05) is 32.6 Å². The van der Waals surface area contributed by atoms with Crippen molar-refractivity contribution in [3.8, 4) is 0 Å². The van der Waals surface area contributed by atoms with Crippen LogP contribution in [0.5, 0.6) is 0 Å². The van der Waals surface area contributed by atoms with Gasteiger partial charge in [0.1, 0.15) is 0 Å². The number of nitrogens with two attached hydrogens (primary N) is 1. The minimum atomic E-state index is 0.209. The van der Waals surface area contributed by atoms with Crippen molar-refractivity contribution in [2.24, 2.45) is 16.1 Å². The molecule has 1 atom stereocenters. The summed E-state index contributed by atoms with van der Waals surface area (Å²) in [6.07, 6.45) is 7.96. The second-order valence-electron chi connectivity index (χ2n) is 5.93. The van der Waals surface area contributed by atoms with E-state index in [-0.39, 0.29) is 6.04 Å². The number of hydrogen-bond acceptors (Lipinski definition) is 2. The molecule has 0 amide bonds. The molecule has 4 heteroatoms. The average molecular weight is 255 g/mol. The highest BCUT2D eigenvalue weighted by Gasteiger charge is 2.25. The van der Waals surface area contributed by atoms with E-state index in [2.05, 4.69) is 17.2 Å². The fraction of sp³-hybridized carbons (Fsp3) is 0.929. The Bertz CT molecular complexity index is 258. The number of methoxy groups -OCH3 is 1. The van der Waals surface area contributed by atoms with E-state index in [4.69, 9.17) is 10.5 Å². The molecule has 1 aliphatic rings. The number of ether oxygens (including phenoxy) is 1. The topological polar surface area (TPSA) is 59.6 Å². The highest BCUT2D eigenvalue weighted by Crippen LogP contribution is 2.34. The number of nitrogens with one attached hydrogen (secondary N) is 1. The Kier molecular flexibility index (Phi) is 6.47. The molecule has 0 aromatic carbocycles. The second kappa shape index (κ2) is 7.62. The van der Waals surface area contributed by atoms with Crippen LogP contribution in [0.1, 0.15) is 52.4 Å². The zero-order chi connectivity index (χ0) is 13.4. The van der Waals surface area contributed by atoms with Gasteiger partial charge in [0.2, 0.25) is 0 Å². The van der Waals surface area contributed by atoms with Crippen molar-refractivity contribution in [1.29, 1.82) is 0 Å². The lowest BCUT2D eigenvalue weighted by Gasteiger charge is -2.26. The first-order valence-electron chi connectivity index (χ1n) is 7.11. The summed E-state index contributed by atoms with van der Waals surface area (Å²) in [4.78, 5) is 4.51. The van der Waals surface area contributed by atoms with Gasteiger partial charge in [-0.15, -0.1) is 0 Å². The molecule has 0 saturated heterocycles. The molecule has 0 aromatic heterocycles. The van der Waals surface area contributed by atoms with Crippen molar-refractivity contribution < 1.29 is 4.74 Å². The van der Waals surface area contributed by atoms with Gasteiger partial charge >= 0.3 is 0 Å². The molecular weight excluding hydrogens is 226 g/mol. The van der Waals surface area contributed by atoms with Gasteiger partial charge in [-0.3, -0.25) is 4.99 Å². The summed E-state index contributed by atoms with van der Waals surface area (Å²) < 4.78 is 5.06. The summed E-state index contributed by atoms with van der Waals surface area (Å²) in [6, 6.07) is 0.209. The number of aliphatic imine (C=N–C) groups is 1. The Hall–Kier alpha value is -0.770. The van der Waals surface area contributed by atoms with E-state index in [1.165, 1.54) is 38.5 Å². The van der Waals surface area contributed by atoms with Gasteiger partial charge < -0.3 is 15.8 Å². The Balaban J connectivity index is 2.40. The predicted octanol–water partition coefficient (Wildman–Crippen LogP) is 2.29. The summed E-state index contributed by atoms with van der Waals surface area (Å²) in [5.41, 5.74) is 6.24. The molecule has 1 unspecified atom stereocenters. The maximum absolute atomic E-state index is 5.90. The first-order chi connectivity index (χ1) is 8.56. The molecule has 4 nitrogen and oxygen atoms in total. The molecular formula is C14H29N3O. The third-order valence-corrected chi connectivity index (χ3v) is 3.75. The highest BCUT2D eigenvalue weighted by atomic mass is 16.5. The molecule has 0 radical (unpaired) electrons. The van der Waals surface area contributed by atoms with Gasteiger partial charge in [0, 0.05) is 19.7 Å². The van der Waals surface area contributed by atoms with Crippen molar-refractivity contribution in [3.05, 3.63) is 0 Å². The van der Waals surface area contributed by atoms with E-state index in [9.17, 15) is 0 Å². The third-order valence-electron chi connectivity index (χ3n) is 3.75. The normalized spacial score (nSPS) is 22.3. The van der Waals surface area contributed by atoms with Gasteiger partial charge in [0.25, 0.3) is 0 Å². The van der Waals surface area contributed by atoms with Gasteiger partial charge in [0.15, 0.2) is 5.96 Å². The molecule has 0 spiro atoms. The third kappa shape index (κ3) is 5.71. The molecule has 0 heterocycles. The summed E-state index contributed by atoms with van der Waals surface area (Å²) in [5, 5.41) is 3.16. The van der Waals surface area contributed by atoms with Crippen LogP contribution in [0.15, 0.2) is 4.99 Å². The van der Waals surface area contributed by atoms with Crippen molar-refractivity contribution in [2.75, 3.05) is 20.3 Å². The van der Waals surface area contributed by atoms with Crippen molar-refractivity contribution in [1.82, 2.24) is 5.32 Å². The zero-order valence-electron chi connectivity index (χ0n) is 12.2. The van der Waals surface area contributed by atoms with Crippen LogP contribution in [-0.4, -0.2) is 32.3 Å². The van der Waals surface area contributed by atoms with Gasteiger partial charge in [-0.25, -0.2) is 0 Å². The van der Waals surface area contributed by atoms with Crippen molar-refractivity contribution in [3.63, 3.8) is 0 Å². The molecule has 1 fully saturated rings. The molecule has 0 aromatic rings. The summed E-state index contributed by atoms with van der Waals surface area (Å²) in [6.45, 7) is 5.87. The van der Waals surface area contributed by atoms with E-state index in [0.29, 0.717) is 18.0 Å². The SMILES string of the molecule is COCC(C)NC(N)=NCC1(C)CCCCCC1. The van der Waals surface area contributed by atoms with Crippen LogP contribution in [0.4, 0.5) is 0 Å². The Morgan fingerprint density at radius 1 is 1.33 bits per heavy atom. The average Bonchev–Trinajstić information content (AvgIpc) is 2.53. The van der Waals surface area contributed by atoms with E-state index in [0.717, 1.165) is 6.54 Å². The minimum absolute atomic E-state index is 0.209. The molecule has 0 aliphatic heterocycles. The monoisotopic (exact) mass is 255 g/mol. The standard InChI is InChI=1S/C14H29N3O/c1-12(10-18-3)17-13(15)16-11-14(2)8-6-4-5-7-9-14/h12H,4-11H2,1-3H3,(H3,15,16,17). The number of hydrogen-bond donors (Lipinski definition) is 2. The molecule has 0 bridgehead atoms. The summed E-state index contributed by atoms with van der Waals surface area (Å²) in [7, 11) is 1.69. The van der Waals surface area contributed by atoms with E-state index in [1.807, 2.05) is 6.92 Å². The fourth-order valence-electron chi connectivity index (χ4n) is 2.61. The van der Waals surface area contributed by atoms with Crippen molar-refractivity contribution in [2.45, 2.75) is 58.4 Å². The molecule has 18 heavy (non-hydrogen) atoms. The van der Waals surface area contributed by atoms with Crippen LogP contribution in [0.3, 0.4) is 0 Å². The van der Waals surface area contributed by atoms with E-state index < -0.39 is 0 Å². The zero-order valence-corrected chi connectivity index (χ0v) is 12.2. The smallest absolute Gasteiger partial charge is 0.188 e. The lowest BCUT2D eigenvalue weighted by molar-refractivity contribution is 0.179. The molecule has 1 saturated carbocycles. The summed E-state index contributed by atoms with van der Waals surface area (Å²) >= 11 is 0. The Labute approximate surface area is 111 Å². The van der Waals surface area contributed by atoms with E-state index >= 15 is 0 Å². The Morgan fingerprint density at radius 3 is 2.50 bits per heavy atom. The fourth-order valence-corrected chi connectivity index (χ4v) is 2.61. The first kappa shape index (κ1) is 15.3. The van der Waals surface area contributed by atoms with Crippen LogP contribution in [-0.2, 0) is 4.74 Å².